The lowest BCUT2D eigenvalue weighted by Crippen LogP contribution is -2.23. The maximum Gasteiger partial charge on any atom is 0.355 e. The van der Waals surface area contributed by atoms with Crippen LogP contribution in [0, 0.1) is 0 Å². The van der Waals surface area contributed by atoms with Gasteiger partial charge in [-0.2, -0.15) is 0 Å². The molecule has 0 bridgehead atoms. The van der Waals surface area contributed by atoms with Gasteiger partial charge in [-0.15, -0.1) is 0 Å². The van der Waals surface area contributed by atoms with Gasteiger partial charge in [0.15, 0.2) is 0 Å². The van der Waals surface area contributed by atoms with Gasteiger partial charge in [-0.3, -0.25) is 4.57 Å². The monoisotopic (exact) mass is 181 g/mol. The number of hydrogen-bond donors (Lipinski definition) is 2. The van der Waals surface area contributed by atoms with Crippen LogP contribution in [0.25, 0.3) is 0 Å². The molecule has 1 rings (SSSR count). The molecule has 0 aromatic heterocycles. The lowest BCUT2D eigenvalue weighted by atomic mass is 10.4. The van der Waals surface area contributed by atoms with E-state index in [0.29, 0.717) is 12.7 Å². The van der Waals surface area contributed by atoms with Crippen LogP contribution >= 0.6 is 7.14 Å². The van der Waals surface area contributed by atoms with E-state index in [0.717, 1.165) is 12.8 Å². The average molecular weight is 181 g/mol. The molecule has 0 aromatic rings. The van der Waals surface area contributed by atoms with Crippen molar-refractivity contribution in [3.05, 3.63) is 0 Å². The third-order valence-corrected chi connectivity index (χ3v) is 6.35. The molecule has 0 spiro atoms. The fraction of sp³-hybridized carbons (Fsp3) is 1.00. The summed E-state index contributed by atoms with van der Waals surface area (Å²) in [5.41, 5.74) is 0. The van der Waals surface area contributed by atoms with Gasteiger partial charge < -0.3 is 14.2 Å². The van der Waals surface area contributed by atoms with Gasteiger partial charge in [-0.05, 0) is 12.5 Å². The molecule has 0 amide bonds. The van der Waals surface area contributed by atoms with Crippen LogP contribution in [0.1, 0.15) is 12.8 Å². The van der Waals surface area contributed by atoms with E-state index < -0.39 is 15.9 Å². The van der Waals surface area contributed by atoms with Crippen molar-refractivity contribution in [3.8, 4) is 0 Å². The first-order valence-corrected chi connectivity index (χ1v) is 7.22. The van der Waals surface area contributed by atoms with Gasteiger partial charge >= 0.3 is 15.9 Å². The molecule has 1 aliphatic heterocycles. The average Bonchev–Trinajstić information content (AvgIpc) is 1.88. The van der Waals surface area contributed by atoms with Crippen molar-refractivity contribution in [2.24, 2.45) is 0 Å². The van der Waals surface area contributed by atoms with E-state index in [1.54, 1.807) is 0 Å². The molecular weight excluding hydrogens is 171 g/mol. The molecule has 1 aliphatic rings. The standard InChI is InChI=1S/C4H10O4PSi/c5-9(6,7)10-4-2-1-3-8-10/h1-4H2,(H2,5,6,7). The summed E-state index contributed by atoms with van der Waals surface area (Å²) in [7, 11) is -5.66. The van der Waals surface area contributed by atoms with E-state index in [1.165, 1.54) is 0 Å². The topological polar surface area (TPSA) is 66.8 Å². The third-order valence-electron chi connectivity index (χ3n) is 1.38. The fourth-order valence-corrected chi connectivity index (χ4v) is 4.53. The number of rotatable bonds is 1. The highest BCUT2D eigenvalue weighted by Gasteiger charge is 2.35. The molecule has 0 saturated carbocycles. The molecule has 59 valence electrons. The van der Waals surface area contributed by atoms with Crippen LogP contribution in [-0.4, -0.2) is 25.1 Å². The molecule has 0 atom stereocenters. The first kappa shape index (κ1) is 8.42. The molecule has 2 N–H and O–H groups in total. The lowest BCUT2D eigenvalue weighted by molar-refractivity contribution is 0.284. The van der Waals surface area contributed by atoms with E-state index in [1.807, 2.05) is 0 Å². The molecule has 0 aliphatic carbocycles. The Labute approximate surface area is 60.9 Å². The smallest absolute Gasteiger partial charge is 0.355 e. The van der Waals surface area contributed by atoms with Gasteiger partial charge in [-0.25, -0.2) is 0 Å². The predicted molar refractivity (Wildman–Crippen MR) is 37.8 cm³/mol. The molecule has 1 radical (unpaired) electrons. The van der Waals surface area contributed by atoms with Crippen molar-refractivity contribution in [1.29, 1.82) is 0 Å². The van der Waals surface area contributed by atoms with E-state index in [4.69, 9.17) is 14.2 Å². The first-order valence-electron chi connectivity index (χ1n) is 3.15. The molecule has 1 fully saturated rings. The highest BCUT2D eigenvalue weighted by Crippen LogP contribution is 2.42. The van der Waals surface area contributed by atoms with Crippen LogP contribution < -0.4 is 0 Å². The maximum absolute atomic E-state index is 10.6. The second-order valence-corrected chi connectivity index (χ2v) is 8.15. The lowest BCUT2D eigenvalue weighted by Gasteiger charge is -2.19. The Morgan fingerprint density at radius 3 is 2.40 bits per heavy atom. The molecule has 10 heavy (non-hydrogen) atoms. The molecule has 0 unspecified atom stereocenters. The zero-order valence-electron chi connectivity index (χ0n) is 5.49. The summed E-state index contributed by atoms with van der Waals surface area (Å²) >= 11 is 0. The van der Waals surface area contributed by atoms with Crippen molar-refractivity contribution in [2.45, 2.75) is 18.9 Å². The van der Waals surface area contributed by atoms with Crippen molar-refractivity contribution in [3.63, 3.8) is 0 Å². The van der Waals surface area contributed by atoms with Gasteiger partial charge in [0.25, 0.3) is 0 Å². The van der Waals surface area contributed by atoms with Crippen molar-refractivity contribution in [1.82, 2.24) is 0 Å². The van der Waals surface area contributed by atoms with Gasteiger partial charge in [0, 0.05) is 6.61 Å². The van der Waals surface area contributed by atoms with Crippen LogP contribution in [0.15, 0.2) is 0 Å². The summed E-state index contributed by atoms with van der Waals surface area (Å²) in [6, 6.07) is 0.592. The summed E-state index contributed by atoms with van der Waals surface area (Å²) in [4.78, 5) is 17.3. The largest absolute Gasteiger partial charge is 0.406 e. The third kappa shape index (κ3) is 2.18. The summed E-state index contributed by atoms with van der Waals surface area (Å²) in [6.07, 6.45) is 1.84. The van der Waals surface area contributed by atoms with Gasteiger partial charge in [0.05, 0.1) is 0 Å². The second kappa shape index (κ2) is 3.15. The van der Waals surface area contributed by atoms with E-state index >= 15 is 0 Å². The van der Waals surface area contributed by atoms with Crippen LogP contribution in [0.4, 0.5) is 0 Å². The SMILES string of the molecule is O=P(O)(O)[Si]1CCCCO1. The first-order chi connectivity index (χ1) is 4.61. The highest BCUT2D eigenvalue weighted by molar-refractivity contribution is 7.85. The summed E-state index contributed by atoms with van der Waals surface area (Å²) < 4.78 is 15.6. The molecule has 4 nitrogen and oxygen atoms in total. The Morgan fingerprint density at radius 1 is 1.40 bits per heavy atom. The van der Waals surface area contributed by atoms with Crippen LogP contribution in [0.5, 0.6) is 0 Å². The van der Waals surface area contributed by atoms with E-state index in [9.17, 15) is 4.57 Å². The van der Waals surface area contributed by atoms with E-state index in [2.05, 4.69) is 0 Å². The van der Waals surface area contributed by atoms with Crippen LogP contribution in [0.3, 0.4) is 0 Å². The van der Waals surface area contributed by atoms with Gasteiger partial charge in [0.1, 0.15) is 0 Å². The summed E-state index contributed by atoms with van der Waals surface area (Å²) in [5.74, 6) is 0. The maximum atomic E-state index is 10.6. The highest BCUT2D eigenvalue weighted by atomic mass is 31.4. The Balaban J connectivity index is 2.47. The van der Waals surface area contributed by atoms with Crippen LogP contribution in [0.2, 0.25) is 6.04 Å². The Kier molecular flexibility index (Phi) is 2.65. The minimum atomic E-state index is -3.86. The molecule has 6 heteroatoms. The predicted octanol–water partition coefficient (Wildman–Crippen LogP) is 0.463. The Bertz CT molecular complexity index is 149. The van der Waals surface area contributed by atoms with Gasteiger partial charge in [0.2, 0.25) is 0 Å². The van der Waals surface area contributed by atoms with Crippen molar-refractivity contribution in [2.75, 3.05) is 6.61 Å². The Hall–Kier alpha value is 0.327. The number of hydrogen-bond acceptors (Lipinski definition) is 2. The molecule has 0 aromatic carbocycles. The molecular formula is C4H10O4PSi. The molecule has 1 saturated heterocycles. The summed E-state index contributed by atoms with van der Waals surface area (Å²) in [5, 5.41) is 0. The minimum Gasteiger partial charge on any atom is -0.406 e. The minimum absolute atomic E-state index is 0.527. The van der Waals surface area contributed by atoms with E-state index in [-0.39, 0.29) is 0 Å². The van der Waals surface area contributed by atoms with Crippen LogP contribution in [-0.2, 0) is 8.99 Å². The van der Waals surface area contributed by atoms with Gasteiger partial charge in [-0.1, -0.05) is 6.42 Å². The zero-order valence-corrected chi connectivity index (χ0v) is 7.38. The van der Waals surface area contributed by atoms with Crippen molar-refractivity contribution < 1.29 is 18.8 Å². The summed E-state index contributed by atoms with van der Waals surface area (Å²) in [6.45, 7) is 0.527. The molecule has 1 heterocycles. The zero-order chi connectivity index (χ0) is 7.61. The second-order valence-electron chi connectivity index (χ2n) is 2.24. The Morgan fingerprint density at radius 2 is 2.10 bits per heavy atom. The quantitative estimate of drug-likeness (QED) is 0.455. The fourth-order valence-electron chi connectivity index (χ4n) is 0.870. The van der Waals surface area contributed by atoms with Crippen molar-refractivity contribution >= 4 is 15.9 Å². The normalized spacial score (nSPS) is 23.0.